The van der Waals surface area contributed by atoms with Crippen LogP contribution in [-0.4, -0.2) is 42.5 Å². The summed E-state index contributed by atoms with van der Waals surface area (Å²) in [6.07, 6.45) is 4.17. The number of carbonyl (C=O) groups excluding carboxylic acids is 1. The monoisotopic (exact) mass is 279 g/mol. The first-order valence-corrected chi connectivity index (χ1v) is 7.34. The van der Waals surface area contributed by atoms with Crippen molar-refractivity contribution in [1.29, 1.82) is 0 Å². The zero-order chi connectivity index (χ0) is 14.8. The van der Waals surface area contributed by atoms with E-state index in [4.69, 9.17) is 4.74 Å². The molecule has 112 valence electrons. The summed E-state index contributed by atoms with van der Waals surface area (Å²) >= 11 is 0. The van der Waals surface area contributed by atoms with Gasteiger partial charge in [0.25, 0.3) is 0 Å². The standard InChI is InChI=1S/C16H25NO3/c1-3-5-9-17(8-4-2)10-11-20-15-6-7-16(19)14(12-15)13-18/h6-7,12-13,19H,3-5,8-11H2,1-2H3. The summed E-state index contributed by atoms with van der Waals surface area (Å²) in [7, 11) is 0. The molecule has 0 atom stereocenters. The molecule has 0 saturated carbocycles. The minimum Gasteiger partial charge on any atom is -0.507 e. The zero-order valence-electron chi connectivity index (χ0n) is 12.5. The summed E-state index contributed by atoms with van der Waals surface area (Å²) in [5.74, 6) is 0.611. The van der Waals surface area contributed by atoms with Crippen LogP contribution in [0.2, 0.25) is 0 Å². The number of phenols is 1. The number of hydrogen-bond donors (Lipinski definition) is 1. The molecule has 4 nitrogen and oxygen atoms in total. The Morgan fingerprint density at radius 3 is 2.65 bits per heavy atom. The topological polar surface area (TPSA) is 49.8 Å². The maximum atomic E-state index is 10.7. The molecule has 0 aromatic heterocycles. The number of benzene rings is 1. The van der Waals surface area contributed by atoms with Crippen molar-refractivity contribution in [3.8, 4) is 11.5 Å². The SMILES string of the molecule is CCCCN(CCC)CCOc1ccc(O)c(C=O)c1. The van der Waals surface area contributed by atoms with Crippen molar-refractivity contribution in [1.82, 2.24) is 4.90 Å². The molecule has 0 aliphatic carbocycles. The second-order valence-corrected chi connectivity index (χ2v) is 4.88. The fraction of sp³-hybridized carbons (Fsp3) is 0.562. The Labute approximate surface area is 121 Å². The largest absolute Gasteiger partial charge is 0.507 e. The van der Waals surface area contributed by atoms with E-state index in [-0.39, 0.29) is 11.3 Å². The van der Waals surface area contributed by atoms with E-state index in [9.17, 15) is 9.90 Å². The average Bonchev–Trinajstić information content (AvgIpc) is 2.46. The van der Waals surface area contributed by atoms with E-state index in [0.717, 1.165) is 26.1 Å². The highest BCUT2D eigenvalue weighted by Crippen LogP contribution is 2.21. The van der Waals surface area contributed by atoms with Gasteiger partial charge in [-0.05, 0) is 44.1 Å². The second-order valence-electron chi connectivity index (χ2n) is 4.88. The van der Waals surface area contributed by atoms with Gasteiger partial charge in [-0.3, -0.25) is 9.69 Å². The van der Waals surface area contributed by atoms with Crippen LogP contribution in [0.15, 0.2) is 18.2 Å². The second kappa shape index (κ2) is 9.37. The molecule has 20 heavy (non-hydrogen) atoms. The molecule has 0 aliphatic rings. The van der Waals surface area contributed by atoms with Gasteiger partial charge in [0, 0.05) is 6.54 Å². The van der Waals surface area contributed by atoms with Gasteiger partial charge in [-0.2, -0.15) is 0 Å². The molecule has 0 saturated heterocycles. The van der Waals surface area contributed by atoms with Gasteiger partial charge in [0.05, 0.1) is 5.56 Å². The summed E-state index contributed by atoms with van der Waals surface area (Å²) in [5.41, 5.74) is 0.263. The zero-order valence-corrected chi connectivity index (χ0v) is 12.5. The Morgan fingerprint density at radius 1 is 1.20 bits per heavy atom. The molecule has 1 aromatic carbocycles. The fourth-order valence-corrected chi connectivity index (χ4v) is 2.04. The summed E-state index contributed by atoms with van der Waals surface area (Å²) in [6, 6.07) is 4.73. The van der Waals surface area contributed by atoms with Crippen LogP contribution in [0.25, 0.3) is 0 Å². The van der Waals surface area contributed by atoms with E-state index in [1.54, 1.807) is 12.1 Å². The Morgan fingerprint density at radius 2 is 2.00 bits per heavy atom. The predicted molar refractivity (Wildman–Crippen MR) is 80.6 cm³/mol. The highest BCUT2D eigenvalue weighted by atomic mass is 16.5. The lowest BCUT2D eigenvalue weighted by Gasteiger charge is -2.21. The summed E-state index contributed by atoms with van der Waals surface area (Å²) in [5, 5.41) is 9.42. The number of rotatable bonds is 10. The molecule has 4 heteroatoms. The molecular weight excluding hydrogens is 254 g/mol. The third-order valence-corrected chi connectivity index (χ3v) is 3.17. The number of aldehydes is 1. The minimum absolute atomic E-state index is 0.0112. The Hall–Kier alpha value is -1.55. The number of nitrogens with zero attached hydrogens (tertiary/aromatic N) is 1. The molecule has 0 aliphatic heterocycles. The highest BCUT2D eigenvalue weighted by Gasteiger charge is 2.05. The Kier molecular flexibility index (Phi) is 7.73. The molecule has 0 spiro atoms. The summed E-state index contributed by atoms with van der Waals surface area (Å²) < 4.78 is 5.65. The quantitative estimate of drug-likeness (QED) is 0.669. The van der Waals surface area contributed by atoms with Crippen LogP contribution in [0.1, 0.15) is 43.5 Å². The lowest BCUT2D eigenvalue weighted by atomic mass is 10.2. The van der Waals surface area contributed by atoms with Gasteiger partial charge in [-0.15, -0.1) is 0 Å². The number of aromatic hydroxyl groups is 1. The van der Waals surface area contributed by atoms with Crippen molar-refractivity contribution in [3.05, 3.63) is 23.8 Å². The first-order valence-electron chi connectivity index (χ1n) is 7.34. The van der Waals surface area contributed by atoms with Gasteiger partial charge in [-0.25, -0.2) is 0 Å². The van der Waals surface area contributed by atoms with E-state index >= 15 is 0 Å². The molecule has 0 unspecified atom stereocenters. The highest BCUT2D eigenvalue weighted by molar-refractivity contribution is 5.79. The molecule has 1 N–H and O–H groups in total. The van der Waals surface area contributed by atoms with E-state index in [2.05, 4.69) is 18.7 Å². The summed E-state index contributed by atoms with van der Waals surface area (Å²) in [4.78, 5) is 13.1. The van der Waals surface area contributed by atoms with Gasteiger partial charge in [0.2, 0.25) is 0 Å². The maximum Gasteiger partial charge on any atom is 0.153 e. The third kappa shape index (κ3) is 5.61. The Bertz CT molecular complexity index is 407. The van der Waals surface area contributed by atoms with Gasteiger partial charge < -0.3 is 9.84 Å². The molecule has 1 rings (SSSR count). The normalized spacial score (nSPS) is 10.8. The number of carbonyl (C=O) groups is 1. The van der Waals surface area contributed by atoms with Crippen molar-refractivity contribution in [2.24, 2.45) is 0 Å². The van der Waals surface area contributed by atoms with Crippen LogP contribution < -0.4 is 4.74 Å². The van der Waals surface area contributed by atoms with Gasteiger partial charge in [-0.1, -0.05) is 20.3 Å². The smallest absolute Gasteiger partial charge is 0.153 e. The van der Waals surface area contributed by atoms with E-state index < -0.39 is 0 Å². The van der Waals surface area contributed by atoms with E-state index in [1.165, 1.54) is 18.9 Å². The van der Waals surface area contributed by atoms with E-state index in [0.29, 0.717) is 18.6 Å². The van der Waals surface area contributed by atoms with Crippen molar-refractivity contribution in [2.75, 3.05) is 26.2 Å². The molecule has 1 aromatic rings. The average molecular weight is 279 g/mol. The Balaban J connectivity index is 2.43. The first kappa shape index (κ1) is 16.5. The number of ether oxygens (including phenoxy) is 1. The molecule has 0 radical (unpaired) electrons. The van der Waals surface area contributed by atoms with Crippen molar-refractivity contribution < 1.29 is 14.6 Å². The number of hydrogen-bond acceptors (Lipinski definition) is 4. The number of unbranched alkanes of at least 4 members (excludes halogenated alkanes) is 1. The van der Waals surface area contributed by atoms with Gasteiger partial charge >= 0.3 is 0 Å². The van der Waals surface area contributed by atoms with Crippen molar-refractivity contribution in [3.63, 3.8) is 0 Å². The fourth-order valence-electron chi connectivity index (χ4n) is 2.04. The van der Waals surface area contributed by atoms with Crippen LogP contribution in [0.5, 0.6) is 11.5 Å². The molecule has 0 bridgehead atoms. The van der Waals surface area contributed by atoms with Crippen molar-refractivity contribution in [2.45, 2.75) is 33.1 Å². The minimum atomic E-state index is -0.0112. The van der Waals surface area contributed by atoms with Gasteiger partial charge in [0.1, 0.15) is 18.1 Å². The van der Waals surface area contributed by atoms with Gasteiger partial charge in [0.15, 0.2) is 6.29 Å². The third-order valence-electron chi connectivity index (χ3n) is 3.17. The lowest BCUT2D eigenvalue weighted by Crippen LogP contribution is -2.30. The van der Waals surface area contributed by atoms with Crippen LogP contribution in [0.3, 0.4) is 0 Å². The molecule has 0 heterocycles. The van der Waals surface area contributed by atoms with Crippen molar-refractivity contribution >= 4 is 6.29 Å². The predicted octanol–water partition coefficient (Wildman–Crippen LogP) is 3.10. The van der Waals surface area contributed by atoms with Crippen LogP contribution in [0.4, 0.5) is 0 Å². The van der Waals surface area contributed by atoms with Crippen LogP contribution >= 0.6 is 0 Å². The van der Waals surface area contributed by atoms with Crippen LogP contribution in [-0.2, 0) is 0 Å². The molecule has 0 amide bonds. The first-order chi connectivity index (χ1) is 9.71. The van der Waals surface area contributed by atoms with Crippen LogP contribution in [0, 0.1) is 0 Å². The number of phenolic OH excluding ortho intramolecular Hbond substituents is 1. The summed E-state index contributed by atoms with van der Waals surface area (Å²) in [6.45, 7) is 8.02. The lowest BCUT2D eigenvalue weighted by molar-refractivity contribution is 0.112. The molecule has 0 fully saturated rings. The van der Waals surface area contributed by atoms with E-state index in [1.807, 2.05) is 0 Å². The maximum absolute atomic E-state index is 10.7. The molecular formula is C16H25NO3.